The summed E-state index contributed by atoms with van der Waals surface area (Å²) in [6.07, 6.45) is 1.47. The highest BCUT2D eigenvalue weighted by Gasteiger charge is 2.20. The molecule has 0 aliphatic carbocycles. The first kappa shape index (κ1) is 9.93. The third-order valence-electron chi connectivity index (χ3n) is 1.25. The normalized spacial score (nSPS) is 12.3. The van der Waals surface area contributed by atoms with Gasteiger partial charge in [0.25, 0.3) is 10.0 Å². The number of nitrogens with one attached hydrogen (secondary N) is 1. The van der Waals surface area contributed by atoms with Crippen molar-refractivity contribution in [2.75, 3.05) is 14.1 Å². The number of hydrogen-bond donors (Lipinski definition) is 1. The van der Waals surface area contributed by atoms with Gasteiger partial charge in [-0.15, -0.1) is 0 Å². The Morgan fingerprint density at radius 2 is 2.17 bits per heavy atom. The molecule has 0 aliphatic heterocycles. The number of aromatic nitrogens is 2. The Morgan fingerprint density at radius 3 is 2.50 bits per heavy atom. The first-order valence-corrected chi connectivity index (χ1v) is 5.59. The van der Waals surface area contributed by atoms with Gasteiger partial charge in [-0.05, 0) is 22.6 Å². The molecule has 0 unspecified atom stereocenters. The number of rotatable bonds is 2. The van der Waals surface area contributed by atoms with Crippen LogP contribution in [0.3, 0.4) is 0 Å². The van der Waals surface area contributed by atoms with Crippen molar-refractivity contribution in [3.05, 3.63) is 9.90 Å². The van der Waals surface area contributed by atoms with Crippen LogP contribution in [0.5, 0.6) is 0 Å². The van der Waals surface area contributed by atoms with Crippen molar-refractivity contribution in [3.8, 4) is 0 Å². The molecule has 12 heavy (non-hydrogen) atoms. The molecule has 1 aromatic heterocycles. The molecule has 7 heteroatoms. The maximum absolute atomic E-state index is 11.4. The van der Waals surface area contributed by atoms with Gasteiger partial charge in [-0.2, -0.15) is 0 Å². The van der Waals surface area contributed by atoms with Gasteiger partial charge >= 0.3 is 0 Å². The Labute approximate surface area is 84.4 Å². The molecule has 1 N–H and O–H groups in total. The number of halogens is 1. The van der Waals surface area contributed by atoms with Gasteiger partial charge < -0.3 is 4.98 Å². The largest absolute Gasteiger partial charge is 0.323 e. The second-order valence-corrected chi connectivity index (χ2v) is 5.55. The number of H-pyrrole nitrogens is 1. The summed E-state index contributed by atoms with van der Waals surface area (Å²) in [5.74, 6) is 0. The van der Waals surface area contributed by atoms with Gasteiger partial charge in [0.05, 0.1) is 9.90 Å². The second-order valence-electron chi connectivity index (χ2n) is 2.32. The lowest BCUT2D eigenvalue weighted by Gasteiger charge is -2.07. The summed E-state index contributed by atoms with van der Waals surface area (Å²) in [5.41, 5.74) is 0. The predicted molar refractivity (Wildman–Crippen MR) is 52.2 cm³/mol. The zero-order valence-electron chi connectivity index (χ0n) is 6.57. The van der Waals surface area contributed by atoms with Gasteiger partial charge in [-0.25, -0.2) is 17.7 Å². The molecular weight excluding hydrogens is 293 g/mol. The highest BCUT2D eigenvalue weighted by Crippen LogP contribution is 2.09. The summed E-state index contributed by atoms with van der Waals surface area (Å²) in [4.78, 5) is 6.36. The summed E-state index contributed by atoms with van der Waals surface area (Å²) in [5, 5.41) is -0.0168. The molecule has 5 nitrogen and oxygen atoms in total. The average molecular weight is 301 g/mol. The highest BCUT2D eigenvalue weighted by atomic mass is 127. The third kappa shape index (κ3) is 1.77. The first-order valence-electron chi connectivity index (χ1n) is 3.07. The Kier molecular flexibility index (Phi) is 2.74. The molecule has 0 radical (unpaired) electrons. The molecular formula is C5H8IN3O2S. The van der Waals surface area contributed by atoms with Crippen molar-refractivity contribution >= 4 is 32.6 Å². The summed E-state index contributed by atoms with van der Waals surface area (Å²) in [7, 11) is -0.468. The van der Waals surface area contributed by atoms with Crippen LogP contribution >= 0.6 is 22.6 Å². The Balaban J connectivity index is 3.15. The topological polar surface area (TPSA) is 66.1 Å². The van der Waals surface area contributed by atoms with E-state index in [1.807, 2.05) is 22.6 Å². The van der Waals surface area contributed by atoms with Crippen LogP contribution in [0, 0.1) is 3.70 Å². The van der Waals surface area contributed by atoms with E-state index < -0.39 is 10.0 Å². The molecule has 0 aliphatic rings. The summed E-state index contributed by atoms with van der Waals surface area (Å²) < 4.78 is 24.6. The van der Waals surface area contributed by atoms with Crippen LogP contribution in [0.4, 0.5) is 0 Å². The van der Waals surface area contributed by atoms with E-state index in [0.29, 0.717) is 3.70 Å². The average Bonchev–Trinajstić information content (AvgIpc) is 2.35. The van der Waals surface area contributed by atoms with Gasteiger partial charge in [-0.3, -0.25) is 0 Å². The number of hydrogen-bond acceptors (Lipinski definition) is 3. The minimum Gasteiger partial charge on any atom is -0.323 e. The van der Waals surface area contributed by atoms with Gasteiger partial charge in [0.2, 0.25) is 5.16 Å². The number of sulfonamides is 1. The van der Waals surface area contributed by atoms with Gasteiger partial charge in [0.1, 0.15) is 0 Å². The Bertz CT molecular complexity index is 370. The lowest BCUT2D eigenvalue weighted by atomic mass is 11.0. The van der Waals surface area contributed by atoms with E-state index in [-0.39, 0.29) is 5.16 Å². The van der Waals surface area contributed by atoms with Crippen LogP contribution in [0.15, 0.2) is 11.4 Å². The molecule has 1 heterocycles. The van der Waals surface area contributed by atoms with Crippen LogP contribution in [-0.4, -0.2) is 36.8 Å². The van der Waals surface area contributed by atoms with E-state index in [1.54, 1.807) is 0 Å². The third-order valence-corrected chi connectivity index (χ3v) is 3.45. The fourth-order valence-electron chi connectivity index (χ4n) is 0.586. The van der Waals surface area contributed by atoms with Gasteiger partial charge in [0, 0.05) is 14.1 Å². The molecule has 1 aromatic rings. The summed E-state index contributed by atoms with van der Waals surface area (Å²) >= 11 is 1.96. The van der Waals surface area contributed by atoms with Crippen molar-refractivity contribution in [1.29, 1.82) is 0 Å². The minimum absolute atomic E-state index is 0.0168. The maximum atomic E-state index is 11.4. The molecule has 0 saturated carbocycles. The quantitative estimate of drug-likeness (QED) is 0.797. The van der Waals surface area contributed by atoms with Crippen molar-refractivity contribution in [2.24, 2.45) is 0 Å². The zero-order chi connectivity index (χ0) is 9.35. The smallest absolute Gasteiger partial charge is 0.276 e. The zero-order valence-corrected chi connectivity index (χ0v) is 9.55. The Morgan fingerprint density at radius 1 is 1.58 bits per heavy atom. The second kappa shape index (κ2) is 3.30. The van der Waals surface area contributed by atoms with E-state index in [0.717, 1.165) is 4.31 Å². The lowest BCUT2D eigenvalue weighted by molar-refractivity contribution is 0.513. The van der Waals surface area contributed by atoms with Crippen molar-refractivity contribution in [1.82, 2.24) is 14.3 Å². The fourth-order valence-corrected chi connectivity index (χ4v) is 1.93. The minimum atomic E-state index is -3.39. The van der Waals surface area contributed by atoms with Crippen molar-refractivity contribution < 1.29 is 8.42 Å². The van der Waals surface area contributed by atoms with E-state index in [2.05, 4.69) is 9.97 Å². The lowest BCUT2D eigenvalue weighted by Crippen LogP contribution is -2.23. The van der Waals surface area contributed by atoms with Crippen LogP contribution < -0.4 is 0 Å². The molecule has 0 bridgehead atoms. The Hall–Kier alpha value is -0.150. The first-order chi connectivity index (χ1) is 5.44. The van der Waals surface area contributed by atoms with E-state index in [1.165, 1.54) is 20.3 Å². The predicted octanol–water partition coefficient (Wildman–Crippen LogP) is 0.265. The number of aromatic amines is 1. The van der Waals surface area contributed by atoms with E-state index >= 15 is 0 Å². The molecule has 1 rings (SSSR count). The SMILES string of the molecule is CN(C)S(=O)(=O)c1ncc(I)[nH]1. The highest BCUT2D eigenvalue weighted by molar-refractivity contribution is 14.1. The van der Waals surface area contributed by atoms with Gasteiger partial charge in [-0.1, -0.05) is 0 Å². The maximum Gasteiger partial charge on any atom is 0.276 e. The van der Waals surface area contributed by atoms with Crippen LogP contribution in [0.2, 0.25) is 0 Å². The monoisotopic (exact) mass is 301 g/mol. The molecule has 0 aromatic carbocycles. The molecule has 0 spiro atoms. The molecule has 0 fully saturated rings. The molecule has 0 atom stereocenters. The van der Waals surface area contributed by atoms with Gasteiger partial charge in [0.15, 0.2) is 0 Å². The van der Waals surface area contributed by atoms with Crippen LogP contribution in [0.25, 0.3) is 0 Å². The van der Waals surface area contributed by atoms with Crippen LogP contribution in [0.1, 0.15) is 0 Å². The van der Waals surface area contributed by atoms with Crippen molar-refractivity contribution in [3.63, 3.8) is 0 Å². The number of nitrogens with zero attached hydrogens (tertiary/aromatic N) is 2. The molecule has 0 saturated heterocycles. The molecule has 68 valence electrons. The summed E-state index contributed by atoms with van der Waals surface area (Å²) in [6, 6.07) is 0. The molecule has 0 amide bonds. The summed E-state index contributed by atoms with van der Waals surface area (Å²) in [6.45, 7) is 0. The van der Waals surface area contributed by atoms with E-state index in [9.17, 15) is 8.42 Å². The fraction of sp³-hybridized carbons (Fsp3) is 0.400. The van der Waals surface area contributed by atoms with E-state index in [4.69, 9.17) is 0 Å². The van der Waals surface area contributed by atoms with Crippen LogP contribution in [-0.2, 0) is 10.0 Å². The standard InChI is InChI=1S/C5H8IN3O2S/c1-9(2)12(10,11)5-7-3-4(6)8-5/h3H,1-2H3,(H,7,8). The number of imidazole rings is 1. The van der Waals surface area contributed by atoms with Crippen molar-refractivity contribution in [2.45, 2.75) is 5.16 Å².